The highest BCUT2D eigenvalue weighted by atomic mass is 16.2. The molecule has 94 valence electrons. The largest absolute Gasteiger partial charge is 0.330 e. The minimum atomic E-state index is -0.203. The maximum absolute atomic E-state index is 12.0. The van der Waals surface area contributed by atoms with Crippen molar-refractivity contribution in [3.05, 3.63) is 48.0 Å². The first-order valence-electron chi connectivity index (χ1n) is 5.73. The lowest BCUT2D eigenvalue weighted by atomic mass is 10.1. The SMILES string of the molecule is CNCc1ccccc1NC(=O)c1nccn1C. The van der Waals surface area contributed by atoms with E-state index in [1.54, 1.807) is 24.0 Å². The number of aromatic nitrogens is 2. The molecule has 1 heterocycles. The van der Waals surface area contributed by atoms with Crippen molar-refractivity contribution in [2.75, 3.05) is 12.4 Å². The molecule has 2 N–H and O–H groups in total. The van der Waals surface area contributed by atoms with Crippen LogP contribution in [0.2, 0.25) is 0 Å². The number of carbonyl (C=O) groups is 1. The second-order valence-electron chi connectivity index (χ2n) is 4.00. The van der Waals surface area contributed by atoms with Gasteiger partial charge in [0.05, 0.1) is 0 Å². The molecule has 2 rings (SSSR count). The van der Waals surface area contributed by atoms with Crippen LogP contribution in [0.4, 0.5) is 5.69 Å². The van der Waals surface area contributed by atoms with E-state index in [9.17, 15) is 4.79 Å². The van der Waals surface area contributed by atoms with E-state index >= 15 is 0 Å². The maximum Gasteiger partial charge on any atom is 0.291 e. The summed E-state index contributed by atoms with van der Waals surface area (Å²) in [5, 5.41) is 5.95. The summed E-state index contributed by atoms with van der Waals surface area (Å²) in [5.41, 5.74) is 1.85. The van der Waals surface area contributed by atoms with E-state index in [1.165, 1.54) is 0 Å². The number of anilines is 1. The molecule has 2 aromatic rings. The maximum atomic E-state index is 12.0. The Kier molecular flexibility index (Phi) is 3.74. The molecule has 1 aromatic heterocycles. The number of hydrogen-bond acceptors (Lipinski definition) is 3. The summed E-state index contributed by atoms with van der Waals surface area (Å²) < 4.78 is 1.69. The van der Waals surface area contributed by atoms with Crippen molar-refractivity contribution in [2.24, 2.45) is 7.05 Å². The van der Waals surface area contributed by atoms with Gasteiger partial charge < -0.3 is 15.2 Å². The molecule has 0 bridgehead atoms. The van der Waals surface area contributed by atoms with Crippen molar-refractivity contribution in [1.29, 1.82) is 0 Å². The molecule has 0 aliphatic rings. The molecule has 18 heavy (non-hydrogen) atoms. The van der Waals surface area contributed by atoms with Gasteiger partial charge in [-0.1, -0.05) is 18.2 Å². The van der Waals surface area contributed by atoms with Gasteiger partial charge in [0.1, 0.15) is 0 Å². The van der Waals surface area contributed by atoms with Gasteiger partial charge in [0, 0.05) is 31.7 Å². The standard InChI is InChI=1S/C13H16N4O/c1-14-9-10-5-3-4-6-11(10)16-13(18)12-15-7-8-17(12)2/h3-8,14H,9H2,1-2H3,(H,16,18). The predicted molar refractivity (Wildman–Crippen MR) is 70.4 cm³/mol. The van der Waals surface area contributed by atoms with E-state index in [4.69, 9.17) is 0 Å². The molecule has 1 aromatic carbocycles. The Morgan fingerprint density at radius 3 is 2.83 bits per heavy atom. The van der Waals surface area contributed by atoms with Crippen LogP contribution in [-0.2, 0) is 13.6 Å². The Hall–Kier alpha value is -2.14. The zero-order valence-corrected chi connectivity index (χ0v) is 10.5. The zero-order valence-electron chi connectivity index (χ0n) is 10.5. The van der Waals surface area contributed by atoms with Gasteiger partial charge in [-0.25, -0.2) is 4.98 Å². The fourth-order valence-electron chi connectivity index (χ4n) is 1.75. The summed E-state index contributed by atoms with van der Waals surface area (Å²) in [6, 6.07) is 7.70. The van der Waals surface area contributed by atoms with Gasteiger partial charge in [-0.2, -0.15) is 0 Å². The molecular formula is C13H16N4O. The highest BCUT2D eigenvalue weighted by Gasteiger charge is 2.12. The Morgan fingerprint density at radius 2 is 2.17 bits per heavy atom. The van der Waals surface area contributed by atoms with Crippen molar-refractivity contribution >= 4 is 11.6 Å². The van der Waals surface area contributed by atoms with Crippen LogP contribution in [0.3, 0.4) is 0 Å². The quantitative estimate of drug-likeness (QED) is 0.854. The smallest absolute Gasteiger partial charge is 0.291 e. The van der Waals surface area contributed by atoms with E-state index in [2.05, 4.69) is 15.6 Å². The topological polar surface area (TPSA) is 58.9 Å². The number of aryl methyl sites for hydroxylation is 1. The molecule has 0 atom stereocenters. The molecule has 5 heteroatoms. The lowest BCUT2D eigenvalue weighted by Gasteiger charge is -2.10. The van der Waals surface area contributed by atoms with Gasteiger partial charge >= 0.3 is 0 Å². The summed E-state index contributed by atoms with van der Waals surface area (Å²) in [4.78, 5) is 16.1. The second kappa shape index (κ2) is 5.46. The average Bonchev–Trinajstić information content (AvgIpc) is 2.78. The number of imidazole rings is 1. The molecule has 0 fully saturated rings. The van der Waals surface area contributed by atoms with Crippen LogP contribution in [0.1, 0.15) is 16.2 Å². The Morgan fingerprint density at radius 1 is 1.39 bits per heavy atom. The Labute approximate surface area is 106 Å². The van der Waals surface area contributed by atoms with Gasteiger partial charge in [-0.15, -0.1) is 0 Å². The first kappa shape index (κ1) is 12.3. The number of amides is 1. The summed E-state index contributed by atoms with van der Waals surface area (Å²) in [7, 11) is 3.67. The summed E-state index contributed by atoms with van der Waals surface area (Å²) >= 11 is 0. The van der Waals surface area contributed by atoms with Crippen LogP contribution in [0.15, 0.2) is 36.7 Å². The molecule has 0 radical (unpaired) electrons. The number of rotatable bonds is 4. The fraction of sp³-hybridized carbons (Fsp3) is 0.231. The van der Waals surface area contributed by atoms with Crippen molar-refractivity contribution in [2.45, 2.75) is 6.54 Å². The molecule has 0 saturated heterocycles. The number of benzene rings is 1. The number of carbonyl (C=O) groups excluding carboxylic acids is 1. The lowest BCUT2D eigenvalue weighted by molar-refractivity contribution is 0.101. The monoisotopic (exact) mass is 244 g/mol. The highest BCUT2D eigenvalue weighted by Crippen LogP contribution is 2.15. The molecule has 0 aliphatic carbocycles. The molecule has 0 unspecified atom stereocenters. The van der Waals surface area contributed by atoms with Gasteiger partial charge in [0.25, 0.3) is 5.91 Å². The van der Waals surface area contributed by atoms with Crippen molar-refractivity contribution in [3.63, 3.8) is 0 Å². The molecular weight excluding hydrogens is 228 g/mol. The molecule has 1 amide bonds. The molecule has 0 spiro atoms. The van der Waals surface area contributed by atoms with Gasteiger partial charge in [0.2, 0.25) is 0 Å². The third kappa shape index (κ3) is 2.57. The average molecular weight is 244 g/mol. The zero-order chi connectivity index (χ0) is 13.0. The fourth-order valence-corrected chi connectivity index (χ4v) is 1.75. The highest BCUT2D eigenvalue weighted by molar-refractivity contribution is 6.02. The van der Waals surface area contributed by atoms with Gasteiger partial charge in [-0.05, 0) is 18.7 Å². The van der Waals surface area contributed by atoms with E-state index in [0.29, 0.717) is 12.4 Å². The normalized spacial score (nSPS) is 10.3. The van der Waals surface area contributed by atoms with Crippen LogP contribution in [0.5, 0.6) is 0 Å². The second-order valence-corrected chi connectivity index (χ2v) is 4.00. The van der Waals surface area contributed by atoms with E-state index in [1.807, 2.05) is 31.3 Å². The van der Waals surface area contributed by atoms with Crippen molar-refractivity contribution in [3.8, 4) is 0 Å². The Bertz CT molecular complexity index is 547. The summed E-state index contributed by atoms with van der Waals surface area (Å²) in [6.45, 7) is 0.705. The van der Waals surface area contributed by atoms with Gasteiger partial charge in [-0.3, -0.25) is 4.79 Å². The number of nitrogens with one attached hydrogen (secondary N) is 2. The van der Waals surface area contributed by atoms with E-state index < -0.39 is 0 Å². The van der Waals surface area contributed by atoms with Crippen LogP contribution < -0.4 is 10.6 Å². The van der Waals surface area contributed by atoms with Gasteiger partial charge in [0.15, 0.2) is 5.82 Å². The lowest BCUT2D eigenvalue weighted by Crippen LogP contribution is -2.18. The molecule has 0 saturated carbocycles. The van der Waals surface area contributed by atoms with Crippen molar-refractivity contribution in [1.82, 2.24) is 14.9 Å². The van der Waals surface area contributed by atoms with Crippen LogP contribution >= 0.6 is 0 Å². The van der Waals surface area contributed by atoms with Crippen LogP contribution in [0, 0.1) is 0 Å². The minimum Gasteiger partial charge on any atom is -0.330 e. The number of nitrogens with zero attached hydrogens (tertiary/aromatic N) is 2. The van der Waals surface area contributed by atoms with Crippen LogP contribution in [-0.4, -0.2) is 22.5 Å². The Balaban J connectivity index is 2.19. The number of para-hydroxylation sites is 1. The van der Waals surface area contributed by atoms with Crippen LogP contribution in [0.25, 0.3) is 0 Å². The first-order chi connectivity index (χ1) is 8.72. The summed E-state index contributed by atoms with van der Waals surface area (Å²) in [6.07, 6.45) is 3.35. The van der Waals surface area contributed by atoms with Crippen molar-refractivity contribution < 1.29 is 4.79 Å². The van der Waals surface area contributed by atoms with E-state index in [-0.39, 0.29) is 5.91 Å². The third-order valence-corrected chi connectivity index (χ3v) is 2.66. The third-order valence-electron chi connectivity index (χ3n) is 2.66. The summed E-state index contributed by atoms with van der Waals surface area (Å²) in [5.74, 6) is 0.195. The van der Waals surface area contributed by atoms with E-state index in [0.717, 1.165) is 11.3 Å². The predicted octanol–water partition coefficient (Wildman–Crippen LogP) is 1.39. The first-order valence-corrected chi connectivity index (χ1v) is 5.73. The minimum absolute atomic E-state index is 0.203. The molecule has 5 nitrogen and oxygen atoms in total. The number of hydrogen-bond donors (Lipinski definition) is 2. The molecule has 0 aliphatic heterocycles.